The van der Waals surface area contributed by atoms with Gasteiger partial charge in [-0.1, -0.05) is 28.1 Å². The fourth-order valence-electron chi connectivity index (χ4n) is 1.91. The third kappa shape index (κ3) is 2.80. The number of hydrogen-bond acceptors (Lipinski definition) is 3. The second kappa shape index (κ2) is 5.65. The molecule has 98 valence electrons. The molecule has 5 nitrogen and oxygen atoms in total. The summed E-state index contributed by atoms with van der Waals surface area (Å²) in [6, 6.07) is 2.09. The van der Waals surface area contributed by atoms with Crippen LogP contribution in [0.2, 0.25) is 0 Å². The zero-order valence-corrected chi connectivity index (χ0v) is 12.6. The largest absolute Gasteiger partial charge is 0.268 e. The first-order chi connectivity index (χ1) is 8.63. The summed E-state index contributed by atoms with van der Waals surface area (Å²) >= 11 is 3.58. The van der Waals surface area contributed by atoms with Crippen molar-refractivity contribution >= 4 is 15.9 Å². The van der Waals surface area contributed by atoms with Gasteiger partial charge in [-0.25, -0.2) is 4.68 Å². The average molecular weight is 312 g/mol. The molecule has 0 N–H and O–H groups in total. The van der Waals surface area contributed by atoms with Crippen molar-refractivity contribution in [1.29, 1.82) is 0 Å². The van der Waals surface area contributed by atoms with Crippen molar-refractivity contribution in [2.45, 2.75) is 45.1 Å². The summed E-state index contributed by atoms with van der Waals surface area (Å²) in [5.41, 5.74) is 3.19. The fourth-order valence-corrected chi connectivity index (χ4v) is 2.12. The van der Waals surface area contributed by atoms with E-state index in [4.69, 9.17) is 0 Å². The van der Waals surface area contributed by atoms with Gasteiger partial charge < -0.3 is 0 Å². The van der Waals surface area contributed by atoms with E-state index in [9.17, 15) is 0 Å². The first kappa shape index (κ1) is 13.3. The molecule has 0 amide bonds. The monoisotopic (exact) mass is 311 g/mol. The number of aromatic nitrogens is 5. The highest BCUT2D eigenvalue weighted by Gasteiger charge is 2.11. The van der Waals surface area contributed by atoms with Crippen molar-refractivity contribution in [3.63, 3.8) is 0 Å². The molecule has 0 aliphatic rings. The Hall–Kier alpha value is -1.17. The lowest BCUT2D eigenvalue weighted by Crippen LogP contribution is -2.08. The van der Waals surface area contributed by atoms with Crippen molar-refractivity contribution in [3.05, 3.63) is 29.3 Å². The molecule has 2 heterocycles. The number of aryl methyl sites for hydroxylation is 2. The minimum Gasteiger partial charge on any atom is -0.268 e. The Morgan fingerprint density at radius 3 is 2.83 bits per heavy atom. The van der Waals surface area contributed by atoms with E-state index in [1.165, 1.54) is 0 Å². The molecule has 0 fully saturated rings. The van der Waals surface area contributed by atoms with E-state index in [-0.39, 0.29) is 4.83 Å². The zero-order valence-electron chi connectivity index (χ0n) is 11.0. The highest BCUT2D eigenvalue weighted by atomic mass is 79.9. The van der Waals surface area contributed by atoms with Crippen LogP contribution < -0.4 is 0 Å². The van der Waals surface area contributed by atoms with Crippen LogP contribution >= 0.6 is 15.9 Å². The Kier molecular flexibility index (Phi) is 4.16. The molecule has 0 bridgehead atoms. The smallest absolute Gasteiger partial charge is 0.0963 e. The fraction of sp³-hybridized carbons (Fsp3) is 0.583. The van der Waals surface area contributed by atoms with Crippen molar-refractivity contribution in [2.75, 3.05) is 0 Å². The maximum absolute atomic E-state index is 4.43. The Labute approximate surface area is 115 Å². The second-order valence-corrected chi connectivity index (χ2v) is 5.41. The summed E-state index contributed by atoms with van der Waals surface area (Å²) in [4.78, 5) is 0.282. The van der Waals surface area contributed by atoms with Crippen LogP contribution in [0.3, 0.4) is 0 Å². The third-order valence-electron chi connectivity index (χ3n) is 2.84. The van der Waals surface area contributed by atoms with Crippen LogP contribution in [-0.2, 0) is 13.1 Å². The normalized spacial score (nSPS) is 12.9. The van der Waals surface area contributed by atoms with Gasteiger partial charge in [0.1, 0.15) is 0 Å². The van der Waals surface area contributed by atoms with Gasteiger partial charge in [-0.15, -0.1) is 5.10 Å². The second-order valence-electron chi connectivity index (χ2n) is 4.31. The van der Waals surface area contributed by atoms with E-state index in [2.05, 4.69) is 51.3 Å². The van der Waals surface area contributed by atoms with Crippen LogP contribution in [0.4, 0.5) is 0 Å². The zero-order chi connectivity index (χ0) is 13.1. The molecule has 6 heteroatoms. The minimum absolute atomic E-state index is 0.282. The number of nitrogens with zero attached hydrogens (tertiary/aromatic N) is 5. The van der Waals surface area contributed by atoms with Gasteiger partial charge in [-0.05, 0) is 26.3 Å². The molecule has 1 atom stereocenters. The van der Waals surface area contributed by atoms with Crippen LogP contribution in [0.1, 0.15) is 42.2 Å². The van der Waals surface area contributed by atoms with Gasteiger partial charge in [0.05, 0.1) is 34.7 Å². The SMILES string of the molecule is CCC(Br)c1cn(Cc2cc(C)nn2CC)nn1. The van der Waals surface area contributed by atoms with E-state index in [1.54, 1.807) is 0 Å². The topological polar surface area (TPSA) is 48.5 Å². The molecule has 2 aromatic heterocycles. The molecule has 2 aromatic rings. The van der Waals surface area contributed by atoms with E-state index in [0.717, 1.165) is 30.0 Å². The molecule has 0 aromatic carbocycles. The van der Waals surface area contributed by atoms with Crippen molar-refractivity contribution < 1.29 is 0 Å². The van der Waals surface area contributed by atoms with Crippen LogP contribution in [0.5, 0.6) is 0 Å². The number of hydrogen-bond donors (Lipinski definition) is 0. The number of rotatable bonds is 5. The lowest BCUT2D eigenvalue weighted by molar-refractivity contribution is 0.565. The molecule has 2 rings (SSSR count). The Bertz CT molecular complexity index is 516. The minimum atomic E-state index is 0.282. The maximum Gasteiger partial charge on any atom is 0.0963 e. The van der Waals surface area contributed by atoms with Gasteiger partial charge in [-0.2, -0.15) is 5.10 Å². The summed E-state index contributed by atoms with van der Waals surface area (Å²) in [7, 11) is 0. The molecular formula is C12H18BrN5. The Morgan fingerprint density at radius 1 is 1.39 bits per heavy atom. The number of alkyl halides is 1. The van der Waals surface area contributed by atoms with E-state index in [1.807, 2.05) is 22.5 Å². The van der Waals surface area contributed by atoms with Gasteiger partial charge in [0.25, 0.3) is 0 Å². The highest BCUT2D eigenvalue weighted by molar-refractivity contribution is 9.09. The molecule has 0 spiro atoms. The van der Waals surface area contributed by atoms with Gasteiger partial charge in [0.2, 0.25) is 0 Å². The van der Waals surface area contributed by atoms with Gasteiger partial charge in [0, 0.05) is 6.54 Å². The third-order valence-corrected chi connectivity index (χ3v) is 3.96. The summed E-state index contributed by atoms with van der Waals surface area (Å²) in [6.07, 6.45) is 3.00. The first-order valence-electron chi connectivity index (χ1n) is 6.21. The van der Waals surface area contributed by atoms with Gasteiger partial charge in [-0.3, -0.25) is 4.68 Å². The highest BCUT2D eigenvalue weighted by Crippen LogP contribution is 2.23. The molecule has 18 heavy (non-hydrogen) atoms. The maximum atomic E-state index is 4.43. The molecule has 0 aliphatic heterocycles. The first-order valence-corrected chi connectivity index (χ1v) is 7.13. The van der Waals surface area contributed by atoms with Crippen LogP contribution in [0.25, 0.3) is 0 Å². The summed E-state index contributed by atoms with van der Waals surface area (Å²) in [6.45, 7) is 7.81. The van der Waals surface area contributed by atoms with Crippen molar-refractivity contribution in [3.8, 4) is 0 Å². The summed E-state index contributed by atoms with van der Waals surface area (Å²) < 4.78 is 3.87. The standard InChI is InChI=1S/C12H18BrN5/c1-4-11(13)12-8-17(16-14-12)7-10-6-9(3)15-18(10)5-2/h6,8,11H,4-5,7H2,1-3H3. The molecule has 0 aliphatic carbocycles. The predicted molar refractivity (Wildman–Crippen MR) is 73.7 cm³/mol. The number of halogens is 1. The average Bonchev–Trinajstić information content (AvgIpc) is 2.95. The Morgan fingerprint density at radius 2 is 2.17 bits per heavy atom. The molecule has 1 unspecified atom stereocenters. The van der Waals surface area contributed by atoms with Crippen molar-refractivity contribution in [2.24, 2.45) is 0 Å². The quantitative estimate of drug-likeness (QED) is 0.798. The Balaban J connectivity index is 2.15. The van der Waals surface area contributed by atoms with Gasteiger partial charge in [0.15, 0.2) is 0 Å². The van der Waals surface area contributed by atoms with Crippen LogP contribution in [0, 0.1) is 6.92 Å². The molecule has 0 saturated heterocycles. The lowest BCUT2D eigenvalue weighted by Gasteiger charge is -2.03. The molecule has 0 saturated carbocycles. The van der Waals surface area contributed by atoms with E-state index in [0.29, 0.717) is 6.54 Å². The molecular weight excluding hydrogens is 294 g/mol. The predicted octanol–water partition coefficient (Wildman–Crippen LogP) is 2.70. The molecule has 0 radical (unpaired) electrons. The summed E-state index contributed by atoms with van der Waals surface area (Å²) in [5.74, 6) is 0. The summed E-state index contributed by atoms with van der Waals surface area (Å²) in [5, 5.41) is 12.8. The lowest BCUT2D eigenvalue weighted by atomic mass is 10.3. The van der Waals surface area contributed by atoms with E-state index >= 15 is 0 Å². The van der Waals surface area contributed by atoms with Crippen LogP contribution in [-0.4, -0.2) is 24.8 Å². The van der Waals surface area contributed by atoms with Crippen molar-refractivity contribution in [1.82, 2.24) is 24.8 Å². The van der Waals surface area contributed by atoms with Crippen LogP contribution in [0.15, 0.2) is 12.3 Å². The van der Waals surface area contributed by atoms with E-state index < -0.39 is 0 Å². The van der Waals surface area contributed by atoms with Gasteiger partial charge >= 0.3 is 0 Å².